The van der Waals surface area contributed by atoms with E-state index in [0.29, 0.717) is 18.3 Å². The van der Waals surface area contributed by atoms with E-state index in [2.05, 4.69) is 17.1 Å². The molecule has 6 heteroatoms. The van der Waals surface area contributed by atoms with Crippen molar-refractivity contribution in [2.75, 3.05) is 7.11 Å². The van der Waals surface area contributed by atoms with E-state index in [-0.39, 0.29) is 18.0 Å². The lowest BCUT2D eigenvalue weighted by Crippen LogP contribution is -2.27. The van der Waals surface area contributed by atoms with E-state index in [0.717, 1.165) is 38.5 Å². The second-order valence-corrected chi connectivity index (χ2v) is 5.16. The zero-order valence-corrected chi connectivity index (χ0v) is 12.1. The van der Waals surface area contributed by atoms with E-state index < -0.39 is 0 Å². The number of nitrogens with zero attached hydrogens (tertiary/aromatic N) is 2. The molecule has 0 bridgehead atoms. The van der Waals surface area contributed by atoms with Gasteiger partial charge in [-0.25, -0.2) is 0 Å². The molecule has 0 saturated heterocycles. The van der Waals surface area contributed by atoms with Crippen molar-refractivity contribution >= 4 is 5.97 Å². The topological polar surface area (TPSA) is 74.5 Å². The molecule has 0 radical (unpaired) electrons. The van der Waals surface area contributed by atoms with Gasteiger partial charge in [-0.05, 0) is 32.1 Å². The minimum atomic E-state index is -0.106. The maximum Gasteiger partial charge on any atom is 0.308 e. The number of ether oxygens (including phenoxy) is 2. The number of carbonyl (C=O) groups is 1. The fraction of sp³-hybridized carbons (Fsp3) is 0.786. The van der Waals surface area contributed by atoms with Crippen LogP contribution in [0.4, 0.5) is 0 Å². The van der Waals surface area contributed by atoms with Crippen LogP contribution in [0.15, 0.2) is 4.52 Å². The Morgan fingerprint density at radius 1 is 1.35 bits per heavy atom. The van der Waals surface area contributed by atoms with Crippen LogP contribution in [0.5, 0.6) is 0 Å². The van der Waals surface area contributed by atoms with Crippen LogP contribution in [0.2, 0.25) is 0 Å². The number of hydrogen-bond acceptors (Lipinski definition) is 6. The summed E-state index contributed by atoms with van der Waals surface area (Å²) < 4.78 is 15.7. The van der Waals surface area contributed by atoms with Gasteiger partial charge in [0.2, 0.25) is 5.89 Å². The summed E-state index contributed by atoms with van der Waals surface area (Å²) in [5.41, 5.74) is 0. The van der Waals surface area contributed by atoms with Crippen molar-refractivity contribution in [2.24, 2.45) is 5.92 Å². The summed E-state index contributed by atoms with van der Waals surface area (Å²) in [6.07, 6.45) is 5.36. The predicted octanol–water partition coefficient (Wildman–Crippen LogP) is 2.27. The molecule has 1 aromatic rings. The van der Waals surface area contributed by atoms with Crippen LogP contribution in [-0.2, 0) is 27.3 Å². The van der Waals surface area contributed by atoms with Gasteiger partial charge in [-0.1, -0.05) is 12.1 Å². The highest BCUT2D eigenvalue weighted by atomic mass is 16.5. The Morgan fingerprint density at radius 2 is 2.10 bits per heavy atom. The molecule has 1 saturated carbocycles. The standard InChI is InChI=1S/C14H22N2O4/c1-3-4-13-15-12(16-20-13)9-19-11-7-5-10(6-8-11)14(17)18-2/h10-11H,3-9H2,1-2H3. The molecule has 0 N–H and O–H groups in total. The van der Waals surface area contributed by atoms with E-state index in [1.54, 1.807) is 0 Å². The van der Waals surface area contributed by atoms with Gasteiger partial charge in [-0.2, -0.15) is 4.98 Å². The number of aromatic nitrogens is 2. The second-order valence-electron chi connectivity index (χ2n) is 5.16. The van der Waals surface area contributed by atoms with Gasteiger partial charge in [0.05, 0.1) is 19.1 Å². The first-order valence-electron chi connectivity index (χ1n) is 7.23. The summed E-state index contributed by atoms with van der Waals surface area (Å²) in [4.78, 5) is 15.7. The van der Waals surface area contributed by atoms with Crippen LogP contribution in [0.25, 0.3) is 0 Å². The summed E-state index contributed by atoms with van der Waals surface area (Å²) in [5.74, 6) is 1.19. The Morgan fingerprint density at radius 3 is 2.75 bits per heavy atom. The molecule has 1 fully saturated rings. The zero-order chi connectivity index (χ0) is 14.4. The summed E-state index contributed by atoms with van der Waals surface area (Å²) >= 11 is 0. The fourth-order valence-corrected chi connectivity index (χ4v) is 2.49. The van der Waals surface area contributed by atoms with E-state index in [1.807, 2.05) is 0 Å². The molecular weight excluding hydrogens is 260 g/mol. The van der Waals surface area contributed by atoms with Crippen molar-refractivity contribution in [3.63, 3.8) is 0 Å². The molecule has 6 nitrogen and oxygen atoms in total. The van der Waals surface area contributed by atoms with Gasteiger partial charge < -0.3 is 14.0 Å². The molecule has 1 heterocycles. The molecule has 0 amide bonds. The summed E-state index contributed by atoms with van der Waals surface area (Å²) in [7, 11) is 1.44. The molecular formula is C14H22N2O4. The molecule has 0 unspecified atom stereocenters. The van der Waals surface area contributed by atoms with Crippen molar-refractivity contribution in [1.29, 1.82) is 0 Å². The molecule has 1 aliphatic carbocycles. The van der Waals surface area contributed by atoms with Gasteiger partial charge in [0.15, 0.2) is 5.82 Å². The van der Waals surface area contributed by atoms with Crippen molar-refractivity contribution in [1.82, 2.24) is 10.1 Å². The molecule has 0 spiro atoms. The van der Waals surface area contributed by atoms with Gasteiger partial charge in [0.1, 0.15) is 6.61 Å². The highest BCUT2D eigenvalue weighted by Crippen LogP contribution is 2.27. The van der Waals surface area contributed by atoms with Crippen LogP contribution >= 0.6 is 0 Å². The first kappa shape index (κ1) is 15.0. The maximum atomic E-state index is 11.4. The molecule has 1 aliphatic rings. The third-order valence-corrected chi connectivity index (χ3v) is 3.63. The highest BCUT2D eigenvalue weighted by molar-refractivity contribution is 5.72. The van der Waals surface area contributed by atoms with E-state index in [1.165, 1.54) is 7.11 Å². The SMILES string of the molecule is CCCc1nc(COC2CCC(C(=O)OC)CC2)no1. The third kappa shape index (κ3) is 4.03. The average Bonchev–Trinajstić information content (AvgIpc) is 2.93. The smallest absolute Gasteiger partial charge is 0.308 e. The van der Waals surface area contributed by atoms with Gasteiger partial charge in [0, 0.05) is 6.42 Å². The lowest BCUT2D eigenvalue weighted by molar-refractivity contribution is -0.147. The first-order valence-corrected chi connectivity index (χ1v) is 7.23. The van der Waals surface area contributed by atoms with Crippen molar-refractivity contribution in [3.8, 4) is 0 Å². The lowest BCUT2D eigenvalue weighted by atomic mass is 9.87. The second kappa shape index (κ2) is 7.38. The normalized spacial score (nSPS) is 22.7. The number of methoxy groups -OCH3 is 1. The molecule has 112 valence electrons. The Kier molecular flexibility index (Phi) is 5.52. The number of carbonyl (C=O) groups excluding carboxylic acids is 1. The molecule has 1 aromatic heterocycles. The van der Waals surface area contributed by atoms with Crippen molar-refractivity contribution in [3.05, 3.63) is 11.7 Å². The average molecular weight is 282 g/mol. The largest absolute Gasteiger partial charge is 0.469 e. The Bertz CT molecular complexity index is 425. The number of aryl methyl sites for hydroxylation is 1. The van der Waals surface area contributed by atoms with Gasteiger partial charge in [-0.15, -0.1) is 0 Å². The van der Waals surface area contributed by atoms with Crippen LogP contribution < -0.4 is 0 Å². The zero-order valence-electron chi connectivity index (χ0n) is 12.1. The van der Waals surface area contributed by atoms with Gasteiger partial charge >= 0.3 is 5.97 Å². The minimum Gasteiger partial charge on any atom is -0.469 e. The third-order valence-electron chi connectivity index (χ3n) is 3.63. The van der Waals surface area contributed by atoms with Crippen LogP contribution in [0, 0.1) is 5.92 Å². The van der Waals surface area contributed by atoms with Gasteiger partial charge in [-0.3, -0.25) is 4.79 Å². The Hall–Kier alpha value is -1.43. The summed E-state index contributed by atoms with van der Waals surface area (Å²) in [5, 5.41) is 3.89. The number of esters is 1. The maximum absolute atomic E-state index is 11.4. The van der Waals surface area contributed by atoms with Gasteiger partial charge in [0.25, 0.3) is 0 Å². The molecule has 0 aromatic carbocycles. The molecule has 0 atom stereocenters. The monoisotopic (exact) mass is 282 g/mol. The van der Waals surface area contributed by atoms with Crippen LogP contribution in [0.3, 0.4) is 0 Å². The Balaban J connectivity index is 1.71. The summed E-state index contributed by atoms with van der Waals surface area (Å²) in [6.45, 7) is 2.45. The minimum absolute atomic E-state index is 0.0289. The fourth-order valence-electron chi connectivity index (χ4n) is 2.49. The van der Waals surface area contributed by atoms with Crippen molar-refractivity contribution in [2.45, 2.75) is 58.2 Å². The van der Waals surface area contributed by atoms with Crippen LogP contribution in [-0.4, -0.2) is 29.3 Å². The molecule has 2 rings (SSSR count). The molecule has 0 aliphatic heterocycles. The highest BCUT2D eigenvalue weighted by Gasteiger charge is 2.27. The van der Waals surface area contributed by atoms with E-state index in [4.69, 9.17) is 14.0 Å². The number of hydrogen-bond donors (Lipinski definition) is 0. The summed E-state index contributed by atoms with van der Waals surface area (Å²) in [6, 6.07) is 0. The quantitative estimate of drug-likeness (QED) is 0.745. The van der Waals surface area contributed by atoms with Crippen molar-refractivity contribution < 1.29 is 18.8 Å². The van der Waals surface area contributed by atoms with E-state index >= 15 is 0 Å². The number of rotatable bonds is 6. The predicted molar refractivity (Wildman–Crippen MR) is 70.8 cm³/mol. The van der Waals surface area contributed by atoms with E-state index in [9.17, 15) is 4.79 Å². The first-order chi connectivity index (χ1) is 9.72. The molecule has 20 heavy (non-hydrogen) atoms. The Labute approximate surface area is 118 Å². The lowest BCUT2D eigenvalue weighted by Gasteiger charge is -2.26. The van der Waals surface area contributed by atoms with Crippen LogP contribution in [0.1, 0.15) is 50.7 Å².